The number of nitrogens with one attached hydrogen (secondary N) is 4. The van der Waals surface area contributed by atoms with Crippen molar-refractivity contribution in [2.75, 3.05) is 21.3 Å². The third-order valence-electron chi connectivity index (χ3n) is 7.84. The molecule has 6 aromatic carbocycles. The zero-order chi connectivity index (χ0) is 37.4. The van der Waals surface area contributed by atoms with Gasteiger partial charge in [-0.05, 0) is 84.9 Å². The molecule has 6 rings (SSSR count). The van der Waals surface area contributed by atoms with Crippen LogP contribution in [-0.4, -0.2) is 54.0 Å². The van der Waals surface area contributed by atoms with Crippen molar-refractivity contribution in [1.82, 2.24) is 0 Å². The molecule has 52 heavy (non-hydrogen) atoms. The van der Waals surface area contributed by atoms with E-state index >= 15 is 0 Å². The zero-order valence-electron chi connectivity index (χ0n) is 26.4. The van der Waals surface area contributed by atoms with E-state index in [1.807, 2.05) is 0 Å². The van der Waals surface area contributed by atoms with Gasteiger partial charge in [0.05, 0.1) is 11.4 Å². The van der Waals surface area contributed by atoms with Crippen LogP contribution in [0.4, 0.5) is 27.5 Å². The Morgan fingerprint density at radius 1 is 0.442 bits per heavy atom. The van der Waals surface area contributed by atoms with Gasteiger partial charge in [0, 0.05) is 44.0 Å². The number of fused-ring (bicyclic) bond motifs is 2. The van der Waals surface area contributed by atoms with Gasteiger partial charge in [-0.3, -0.25) is 18.7 Å². The van der Waals surface area contributed by atoms with Gasteiger partial charge in [0.2, 0.25) is 0 Å². The van der Waals surface area contributed by atoms with Gasteiger partial charge in [0.15, 0.2) is 0 Å². The Hall–Kier alpha value is -6.53. The maximum atomic E-state index is 13.0. The third kappa shape index (κ3) is 7.32. The Labute approximate surface area is 295 Å². The highest BCUT2D eigenvalue weighted by molar-refractivity contribution is 7.86. The molecule has 0 heterocycles. The van der Waals surface area contributed by atoms with E-state index in [1.165, 1.54) is 109 Å². The Morgan fingerprint density at radius 3 is 1.15 bits per heavy atom. The summed E-state index contributed by atoms with van der Waals surface area (Å²) in [6.07, 6.45) is 0. The average molecular weight is 743 g/mol. The highest BCUT2D eigenvalue weighted by Crippen LogP contribution is 2.37. The van der Waals surface area contributed by atoms with Crippen LogP contribution in [0.5, 0.6) is 11.5 Å². The molecule has 0 saturated heterocycles. The first-order chi connectivity index (χ1) is 24.6. The summed E-state index contributed by atoms with van der Waals surface area (Å²) in [5, 5.41) is 31.6. The first-order valence-electron chi connectivity index (χ1n) is 15.0. The number of carbonyl (C=O) groups is 3. The van der Waals surface area contributed by atoms with Crippen LogP contribution in [0, 0.1) is 0 Å². The predicted octanol–water partition coefficient (Wildman–Crippen LogP) is 6.05. The summed E-state index contributed by atoms with van der Waals surface area (Å²) in [4.78, 5) is 37.9. The van der Waals surface area contributed by atoms with Gasteiger partial charge in [0.25, 0.3) is 32.1 Å². The van der Waals surface area contributed by atoms with Crippen molar-refractivity contribution in [3.8, 4) is 11.5 Å². The number of hydrogen-bond acceptors (Lipinski definition) is 9. The lowest BCUT2D eigenvalue weighted by Crippen LogP contribution is -2.20. The minimum atomic E-state index is -4.58. The van der Waals surface area contributed by atoms with E-state index in [0.29, 0.717) is 11.4 Å². The topological polar surface area (TPSA) is 249 Å². The third-order valence-corrected chi connectivity index (χ3v) is 9.67. The van der Waals surface area contributed by atoms with Crippen LogP contribution in [0.1, 0.15) is 20.7 Å². The minimum Gasteiger partial charge on any atom is -0.506 e. The van der Waals surface area contributed by atoms with Crippen LogP contribution < -0.4 is 21.3 Å². The van der Waals surface area contributed by atoms with Gasteiger partial charge in [-0.15, -0.1) is 0 Å². The summed E-state index contributed by atoms with van der Waals surface area (Å²) in [6, 6.07) is 23.7. The second-order valence-electron chi connectivity index (χ2n) is 11.2. The molecule has 0 unspecified atom stereocenters. The first-order valence-corrected chi connectivity index (χ1v) is 17.8. The van der Waals surface area contributed by atoms with Crippen LogP contribution in [0.25, 0.3) is 21.5 Å². The molecule has 264 valence electrons. The molecule has 0 fully saturated rings. The number of urea groups is 1. The lowest BCUT2D eigenvalue weighted by atomic mass is 10.1. The first kappa shape index (κ1) is 35.3. The molecule has 0 spiro atoms. The van der Waals surface area contributed by atoms with Gasteiger partial charge < -0.3 is 31.5 Å². The van der Waals surface area contributed by atoms with E-state index in [2.05, 4.69) is 21.3 Å². The smallest absolute Gasteiger partial charge is 0.323 e. The minimum absolute atomic E-state index is 0.0703. The number of benzene rings is 6. The quantitative estimate of drug-likeness (QED) is 0.0659. The van der Waals surface area contributed by atoms with E-state index in [4.69, 9.17) is 0 Å². The summed E-state index contributed by atoms with van der Waals surface area (Å²) < 4.78 is 66.3. The van der Waals surface area contributed by atoms with Gasteiger partial charge >= 0.3 is 6.03 Å². The second-order valence-corrected chi connectivity index (χ2v) is 14.0. The van der Waals surface area contributed by atoms with E-state index in [9.17, 15) is 50.5 Å². The highest BCUT2D eigenvalue weighted by Gasteiger charge is 2.20. The lowest BCUT2D eigenvalue weighted by molar-refractivity contribution is 0.101. The molecule has 17 heteroatoms. The number of phenolic OH excluding ortho intramolecular Hbond substituents is 2. The monoisotopic (exact) mass is 742 g/mol. The summed E-state index contributed by atoms with van der Waals surface area (Å²) in [5.41, 5.74) is 0.750. The number of rotatable bonds is 8. The van der Waals surface area contributed by atoms with Gasteiger partial charge in [-0.25, -0.2) is 4.79 Å². The zero-order valence-corrected chi connectivity index (χ0v) is 28.0. The summed E-state index contributed by atoms with van der Waals surface area (Å²) in [5.74, 6) is -1.98. The fourth-order valence-corrected chi connectivity index (χ4v) is 6.84. The van der Waals surface area contributed by atoms with Crippen molar-refractivity contribution in [2.24, 2.45) is 0 Å². The molecular formula is C35H26N4O11S2. The molecule has 0 aromatic heterocycles. The van der Waals surface area contributed by atoms with Crippen LogP contribution >= 0.6 is 0 Å². The predicted molar refractivity (Wildman–Crippen MR) is 192 cm³/mol. The van der Waals surface area contributed by atoms with Crippen molar-refractivity contribution in [1.29, 1.82) is 0 Å². The molecule has 0 aliphatic carbocycles. The van der Waals surface area contributed by atoms with Crippen LogP contribution in [0.15, 0.2) is 119 Å². The SMILES string of the molecule is O=C(Nc1ccc(C(=O)Nc2c(O)ccc3c(S(=O)(=O)O)cccc23)cc1)Nc1ccc(C(=O)Nc2c(O)ccc3c(S(=O)(=O)O)cccc23)cc1. The van der Waals surface area contributed by atoms with E-state index < -0.39 is 47.9 Å². The van der Waals surface area contributed by atoms with Crippen molar-refractivity contribution in [3.63, 3.8) is 0 Å². The molecule has 0 aliphatic rings. The van der Waals surface area contributed by atoms with Gasteiger partial charge in [-0.2, -0.15) is 16.8 Å². The summed E-state index contributed by atoms with van der Waals surface area (Å²) >= 11 is 0. The molecule has 0 bridgehead atoms. The molecule has 0 atom stereocenters. The Morgan fingerprint density at radius 2 is 0.808 bits per heavy atom. The van der Waals surface area contributed by atoms with Crippen molar-refractivity contribution in [3.05, 3.63) is 120 Å². The second kappa shape index (κ2) is 13.6. The molecule has 0 aliphatic heterocycles. The highest BCUT2D eigenvalue weighted by atomic mass is 32.2. The number of amides is 4. The molecule has 4 amide bonds. The standard InChI is InChI=1S/C35H26N4O11S2/c40-27-17-15-23-25(3-1-5-29(23)51(45,46)47)31(27)38-33(42)19-7-11-21(12-8-19)36-35(44)37-22-13-9-20(10-14-22)34(43)39-32-26-4-2-6-30(52(48,49)50)24(26)16-18-28(32)41/h1-18,40-41H,(H,38,42)(H,39,43)(H2,36,37,44)(H,45,46,47)(H,48,49,50). The van der Waals surface area contributed by atoms with Crippen molar-refractivity contribution in [2.45, 2.75) is 9.79 Å². The number of aromatic hydroxyl groups is 2. The average Bonchev–Trinajstić information content (AvgIpc) is 3.09. The van der Waals surface area contributed by atoms with E-state index in [-0.39, 0.29) is 55.5 Å². The Bertz CT molecular complexity index is 2460. The lowest BCUT2D eigenvalue weighted by Gasteiger charge is -2.13. The van der Waals surface area contributed by atoms with Crippen LogP contribution in [-0.2, 0) is 20.2 Å². The molecule has 0 radical (unpaired) electrons. The number of anilines is 4. The maximum Gasteiger partial charge on any atom is 0.323 e. The number of phenols is 2. The van der Waals surface area contributed by atoms with Crippen LogP contribution in [0.3, 0.4) is 0 Å². The molecular weight excluding hydrogens is 717 g/mol. The fraction of sp³-hybridized carbons (Fsp3) is 0. The molecule has 15 nitrogen and oxygen atoms in total. The molecule has 6 aromatic rings. The Balaban J connectivity index is 1.09. The maximum absolute atomic E-state index is 13.0. The fourth-order valence-electron chi connectivity index (χ4n) is 5.42. The summed E-state index contributed by atoms with van der Waals surface area (Å²) in [6.45, 7) is 0. The largest absolute Gasteiger partial charge is 0.506 e. The van der Waals surface area contributed by atoms with Crippen molar-refractivity contribution < 1.29 is 50.5 Å². The molecule has 8 N–H and O–H groups in total. The van der Waals surface area contributed by atoms with Gasteiger partial charge in [-0.1, -0.05) is 24.3 Å². The van der Waals surface area contributed by atoms with Crippen molar-refractivity contribution >= 4 is 82.4 Å². The van der Waals surface area contributed by atoms with E-state index in [1.54, 1.807) is 0 Å². The van der Waals surface area contributed by atoms with Gasteiger partial charge in [0.1, 0.15) is 21.3 Å². The Kier molecular flexibility index (Phi) is 9.26. The normalized spacial score (nSPS) is 11.6. The number of carbonyl (C=O) groups excluding carboxylic acids is 3. The van der Waals surface area contributed by atoms with Crippen LogP contribution in [0.2, 0.25) is 0 Å². The number of hydrogen-bond donors (Lipinski definition) is 8. The summed E-state index contributed by atoms with van der Waals surface area (Å²) in [7, 11) is -9.16. The molecule has 0 saturated carbocycles. The van der Waals surface area contributed by atoms with E-state index in [0.717, 1.165) is 0 Å².